The summed E-state index contributed by atoms with van der Waals surface area (Å²) in [4.78, 5) is 11.0. The van der Waals surface area contributed by atoms with Crippen LogP contribution in [0.1, 0.15) is 19.0 Å². The molecule has 0 aliphatic carbocycles. The fourth-order valence-electron chi connectivity index (χ4n) is 1.70. The monoisotopic (exact) mass is 207 g/mol. The second-order valence-corrected chi connectivity index (χ2v) is 3.70. The fourth-order valence-corrected chi connectivity index (χ4v) is 1.70. The van der Waals surface area contributed by atoms with Gasteiger partial charge in [0.25, 0.3) is 0 Å². The molecule has 0 N–H and O–H groups in total. The van der Waals surface area contributed by atoms with Crippen molar-refractivity contribution in [3.8, 4) is 0 Å². The summed E-state index contributed by atoms with van der Waals surface area (Å²) >= 11 is 0. The first-order valence-corrected chi connectivity index (χ1v) is 5.55. The molecule has 1 saturated heterocycles. The number of hydrogen-bond acceptors (Lipinski definition) is 4. The Balaban J connectivity index is 2.09. The van der Waals surface area contributed by atoms with E-state index in [1.807, 2.05) is 12.3 Å². The highest BCUT2D eigenvalue weighted by Crippen LogP contribution is 2.10. The van der Waals surface area contributed by atoms with Gasteiger partial charge in [0, 0.05) is 25.0 Å². The van der Waals surface area contributed by atoms with Gasteiger partial charge < -0.3 is 9.64 Å². The van der Waals surface area contributed by atoms with Crippen molar-refractivity contribution in [3.05, 3.63) is 18.0 Å². The third-order valence-corrected chi connectivity index (χ3v) is 2.50. The highest BCUT2D eigenvalue weighted by Gasteiger charge is 2.13. The largest absolute Gasteiger partial charge is 0.378 e. The molecule has 1 aromatic heterocycles. The van der Waals surface area contributed by atoms with Crippen molar-refractivity contribution in [2.75, 3.05) is 31.2 Å². The van der Waals surface area contributed by atoms with E-state index in [1.54, 1.807) is 0 Å². The van der Waals surface area contributed by atoms with E-state index >= 15 is 0 Å². The summed E-state index contributed by atoms with van der Waals surface area (Å²) in [5.41, 5.74) is 1.13. The Morgan fingerprint density at radius 1 is 1.40 bits per heavy atom. The van der Waals surface area contributed by atoms with Crippen molar-refractivity contribution in [1.29, 1.82) is 0 Å². The fraction of sp³-hybridized carbons (Fsp3) is 0.636. The van der Waals surface area contributed by atoms with Crippen LogP contribution >= 0.6 is 0 Å². The van der Waals surface area contributed by atoms with Gasteiger partial charge in [-0.05, 0) is 12.5 Å². The van der Waals surface area contributed by atoms with Gasteiger partial charge in [0.05, 0.1) is 13.2 Å². The molecule has 4 heteroatoms. The van der Waals surface area contributed by atoms with Gasteiger partial charge in [-0.1, -0.05) is 13.3 Å². The molecule has 0 unspecified atom stereocenters. The Labute approximate surface area is 90.3 Å². The lowest BCUT2D eigenvalue weighted by Crippen LogP contribution is -2.37. The first-order valence-electron chi connectivity index (χ1n) is 5.55. The van der Waals surface area contributed by atoms with Crippen LogP contribution in [0.25, 0.3) is 0 Å². The topological polar surface area (TPSA) is 38.2 Å². The van der Waals surface area contributed by atoms with Crippen LogP contribution in [-0.4, -0.2) is 36.3 Å². The van der Waals surface area contributed by atoms with Gasteiger partial charge in [-0.25, -0.2) is 9.97 Å². The van der Waals surface area contributed by atoms with Crippen LogP contribution in [0, 0.1) is 0 Å². The molecular formula is C11H17N3O. The average Bonchev–Trinajstić information content (AvgIpc) is 2.31. The summed E-state index contributed by atoms with van der Waals surface area (Å²) in [6.07, 6.45) is 4.00. The molecule has 15 heavy (non-hydrogen) atoms. The first kappa shape index (κ1) is 10.4. The van der Waals surface area contributed by atoms with Gasteiger partial charge >= 0.3 is 0 Å². The van der Waals surface area contributed by atoms with E-state index in [1.165, 1.54) is 0 Å². The van der Waals surface area contributed by atoms with Crippen LogP contribution in [-0.2, 0) is 11.2 Å². The molecule has 0 radical (unpaired) electrons. The van der Waals surface area contributed by atoms with Crippen molar-refractivity contribution >= 4 is 5.95 Å². The van der Waals surface area contributed by atoms with Gasteiger partial charge in [0.1, 0.15) is 0 Å². The van der Waals surface area contributed by atoms with Crippen molar-refractivity contribution in [2.24, 2.45) is 0 Å². The molecule has 0 amide bonds. The van der Waals surface area contributed by atoms with Crippen molar-refractivity contribution in [3.63, 3.8) is 0 Å². The summed E-state index contributed by atoms with van der Waals surface area (Å²) in [6.45, 7) is 5.52. The molecule has 1 aliphatic rings. The van der Waals surface area contributed by atoms with Gasteiger partial charge in [0.2, 0.25) is 5.95 Å². The molecule has 0 bridgehead atoms. The zero-order chi connectivity index (χ0) is 10.5. The Bertz CT molecular complexity index is 310. The number of aryl methyl sites for hydroxylation is 1. The minimum atomic E-state index is 0.779. The van der Waals surface area contributed by atoms with E-state index in [-0.39, 0.29) is 0 Å². The average molecular weight is 207 g/mol. The zero-order valence-corrected chi connectivity index (χ0v) is 9.15. The minimum absolute atomic E-state index is 0.779. The van der Waals surface area contributed by atoms with Crippen LogP contribution in [0.3, 0.4) is 0 Å². The molecule has 1 aliphatic heterocycles. The molecule has 2 rings (SSSR count). The van der Waals surface area contributed by atoms with Crippen molar-refractivity contribution in [1.82, 2.24) is 9.97 Å². The van der Waals surface area contributed by atoms with Gasteiger partial charge in [-0.3, -0.25) is 0 Å². The van der Waals surface area contributed by atoms with Crippen LogP contribution in [0.15, 0.2) is 12.3 Å². The highest BCUT2D eigenvalue weighted by molar-refractivity contribution is 5.30. The maximum absolute atomic E-state index is 5.30. The maximum Gasteiger partial charge on any atom is 0.225 e. The molecule has 0 aromatic carbocycles. The normalized spacial score (nSPS) is 16.7. The van der Waals surface area contributed by atoms with Crippen LogP contribution < -0.4 is 4.90 Å². The van der Waals surface area contributed by atoms with Crippen molar-refractivity contribution < 1.29 is 4.74 Å². The number of anilines is 1. The number of nitrogens with zero attached hydrogens (tertiary/aromatic N) is 3. The quantitative estimate of drug-likeness (QED) is 0.748. The Morgan fingerprint density at radius 2 is 2.20 bits per heavy atom. The van der Waals surface area contributed by atoms with Gasteiger partial charge in [-0.2, -0.15) is 0 Å². The summed E-state index contributed by atoms with van der Waals surface area (Å²) in [6, 6.07) is 1.99. The van der Waals surface area contributed by atoms with E-state index in [2.05, 4.69) is 21.8 Å². The maximum atomic E-state index is 5.30. The molecular weight excluding hydrogens is 190 g/mol. The zero-order valence-electron chi connectivity index (χ0n) is 9.15. The SMILES string of the molecule is CCCc1ccnc(N2CCOCC2)n1. The summed E-state index contributed by atoms with van der Waals surface area (Å²) in [7, 11) is 0. The minimum Gasteiger partial charge on any atom is -0.378 e. The van der Waals surface area contributed by atoms with Crippen LogP contribution in [0.5, 0.6) is 0 Å². The molecule has 1 fully saturated rings. The lowest BCUT2D eigenvalue weighted by atomic mass is 10.2. The molecule has 0 atom stereocenters. The Kier molecular flexibility index (Phi) is 3.50. The summed E-state index contributed by atoms with van der Waals surface area (Å²) in [5, 5.41) is 0. The third kappa shape index (κ3) is 2.65. The van der Waals surface area contributed by atoms with E-state index in [9.17, 15) is 0 Å². The lowest BCUT2D eigenvalue weighted by Gasteiger charge is -2.26. The Morgan fingerprint density at radius 3 is 2.93 bits per heavy atom. The third-order valence-electron chi connectivity index (χ3n) is 2.50. The molecule has 2 heterocycles. The number of morpholine rings is 1. The number of ether oxygens (including phenoxy) is 1. The second-order valence-electron chi connectivity index (χ2n) is 3.70. The van der Waals surface area contributed by atoms with Crippen molar-refractivity contribution in [2.45, 2.75) is 19.8 Å². The summed E-state index contributed by atoms with van der Waals surface area (Å²) in [5.74, 6) is 0.851. The number of hydrogen-bond donors (Lipinski definition) is 0. The Hall–Kier alpha value is -1.16. The van der Waals surface area contributed by atoms with Crippen LogP contribution in [0.2, 0.25) is 0 Å². The van der Waals surface area contributed by atoms with E-state index in [0.29, 0.717) is 0 Å². The molecule has 82 valence electrons. The second kappa shape index (κ2) is 5.07. The van der Waals surface area contributed by atoms with Gasteiger partial charge in [0.15, 0.2) is 0 Å². The smallest absolute Gasteiger partial charge is 0.225 e. The van der Waals surface area contributed by atoms with Crippen LogP contribution in [0.4, 0.5) is 5.95 Å². The van der Waals surface area contributed by atoms with E-state index in [4.69, 9.17) is 4.74 Å². The predicted octanol–water partition coefficient (Wildman–Crippen LogP) is 1.27. The highest BCUT2D eigenvalue weighted by atomic mass is 16.5. The number of aromatic nitrogens is 2. The molecule has 0 saturated carbocycles. The molecule has 0 spiro atoms. The lowest BCUT2D eigenvalue weighted by molar-refractivity contribution is 0.122. The standard InChI is InChI=1S/C11H17N3O/c1-2-3-10-4-5-12-11(13-10)14-6-8-15-9-7-14/h4-5H,2-3,6-9H2,1H3. The molecule has 1 aromatic rings. The first-order chi connectivity index (χ1) is 7.40. The van der Waals surface area contributed by atoms with Gasteiger partial charge in [-0.15, -0.1) is 0 Å². The molecule has 4 nitrogen and oxygen atoms in total. The van der Waals surface area contributed by atoms with E-state index in [0.717, 1.165) is 50.8 Å². The summed E-state index contributed by atoms with van der Waals surface area (Å²) < 4.78 is 5.30. The predicted molar refractivity (Wildman–Crippen MR) is 59.1 cm³/mol. The number of rotatable bonds is 3. The van der Waals surface area contributed by atoms with E-state index < -0.39 is 0 Å².